The molecule has 1 aliphatic heterocycles. The Morgan fingerprint density at radius 3 is 2.74 bits per heavy atom. The van der Waals surface area contributed by atoms with Crippen molar-refractivity contribution >= 4 is 5.91 Å². The van der Waals surface area contributed by atoms with Gasteiger partial charge in [0.1, 0.15) is 0 Å². The molecule has 0 unspecified atom stereocenters. The number of hydrogen-bond donors (Lipinski definition) is 1. The first-order chi connectivity index (χ1) is 8.97. The highest BCUT2D eigenvalue weighted by molar-refractivity contribution is 5.76. The SMILES string of the molecule is CC(C)(N)c1noc(CN2CCCCCCC2=O)n1. The zero-order valence-electron chi connectivity index (χ0n) is 11.7. The zero-order chi connectivity index (χ0) is 13.9. The van der Waals surface area contributed by atoms with Gasteiger partial charge in [-0.25, -0.2) is 0 Å². The van der Waals surface area contributed by atoms with Crippen LogP contribution in [0.15, 0.2) is 4.52 Å². The molecule has 2 rings (SSSR count). The van der Waals surface area contributed by atoms with E-state index in [4.69, 9.17) is 10.3 Å². The minimum absolute atomic E-state index is 0.173. The van der Waals surface area contributed by atoms with Gasteiger partial charge in [-0.15, -0.1) is 0 Å². The van der Waals surface area contributed by atoms with Crippen molar-refractivity contribution < 1.29 is 9.32 Å². The summed E-state index contributed by atoms with van der Waals surface area (Å²) >= 11 is 0. The molecular weight excluding hydrogens is 244 g/mol. The predicted octanol–water partition coefficient (Wildman–Crippen LogP) is 1.56. The first kappa shape index (κ1) is 14.0. The van der Waals surface area contributed by atoms with Gasteiger partial charge in [0.25, 0.3) is 0 Å². The number of amides is 1. The minimum Gasteiger partial charge on any atom is -0.337 e. The second-order valence-corrected chi connectivity index (χ2v) is 5.71. The third-order valence-corrected chi connectivity index (χ3v) is 3.29. The van der Waals surface area contributed by atoms with Gasteiger partial charge in [0.2, 0.25) is 11.8 Å². The van der Waals surface area contributed by atoms with Gasteiger partial charge in [-0.3, -0.25) is 4.79 Å². The molecule has 19 heavy (non-hydrogen) atoms. The average Bonchev–Trinajstić information content (AvgIpc) is 2.77. The third kappa shape index (κ3) is 3.76. The lowest BCUT2D eigenvalue weighted by atomic mass is 10.1. The van der Waals surface area contributed by atoms with E-state index < -0.39 is 5.54 Å². The van der Waals surface area contributed by atoms with E-state index in [0.29, 0.717) is 24.7 Å². The van der Waals surface area contributed by atoms with E-state index in [1.165, 1.54) is 6.42 Å². The standard InChI is InChI=1S/C13H22N4O2/c1-13(2,14)12-15-10(19-16-12)9-17-8-6-4-3-5-7-11(17)18/h3-9,14H2,1-2H3. The fraction of sp³-hybridized carbons (Fsp3) is 0.769. The van der Waals surface area contributed by atoms with E-state index in [0.717, 1.165) is 25.8 Å². The molecule has 0 aromatic carbocycles. The van der Waals surface area contributed by atoms with E-state index in [1.807, 2.05) is 13.8 Å². The molecule has 1 saturated heterocycles. The van der Waals surface area contributed by atoms with Crippen molar-refractivity contribution in [3.63, 3.8) is 0 Å². The summed E-state index contributed by atoms with van der Waals surface area (Å²) in [7, 11) is 0. The van der Waals surface area contributed by atoms with Gasteiger partial charge in [-0.2, -0.15) is 4.98 Å². The molecule has 1 aromatic rings. The summed E-state index contributed by atoms with van der Waals surface area (Å²) in [6.07, 6.45) is 4.94. The fourth-order valence-electron chi connectivity index (χ4n) is 2.13. The highest BCUT2D eigenvalue weighted by Crippen LogP contribution is 2.16. The number of carbonyl (C=O) groups is 1. The lowest BCUT2D eigenvalue weighted by Crippen LogP contribution is -2.33. The molecule has 0 aliphatic carbocycles. The maximum absolute atomic E-state index is 12.0. The van der Waals surface area contributed by atoms with Gasteiger partial charge >= 0.3 is 0 Å². The molecule has 1 amide bonds. The monoisotopic (exact) mass is 266 g/mol. The van der Waals surface area contributed by atoms with E-state index in [2.05, 4.69) is 10.1 Å². The van der Waals surface area contributed by atoms with E-state index in [1.54, 1.807) is 4.90 Å². The Hall–Kier alpha value is -1.43. The Morgan fingerprint density at radius 2 is 2.05 bits per heavy atom. The summed E-state index contributed by atoms with van der Waals surface area (Å²) in [6, 6.07) is 0. The van der Waals surface area contributed by atoms with Crippen molar-refractivity contribution in [3.8, 4) is 0 Å². The number of likely N-dealkylation sites (tertiary alicyclic amines) is 1. The topological polar surface area (TPSA) is 85.2 Å². The molecular formula is C13H22N4O2. The summed E-state index contributed by atoms with van der Waals surface area (Å²) in [6.45, 7) is 4.80. The van der Waals surface area contributed by atoms with Crippen molar-refractivity contribution in [3.05, 3.63) is 11.7 Å². The maximum Gasteiger partial charge on any atom is 0.246 e. The molecule has 106 valence electrons. The van der Waals surface area contributed by atoms with Crippen LogP contribution in [0.1, 0.15) is 57.7 Å². The Balaban J connectivity index is 2.02. The molecule has 0 bridgehead atoms. The summed E-state index contributed by atoms with van der Waals surface area (Å²) < 4.78 is 5.18. The van der Waals surface area contributed by atoms with Gasteiger partial charge < -0.3 is 15.2 Å². The van der Waals surface area contributed by atoms with E-state index in [-0.39, 0.29) is 5.91 Å². The number of carbonyl (C=O) groups excluding carboxylic acids is 1. The number of hydrogen-bond acceptors (Lipinski definition) is 5. The van der Waals surface area contributed by atoms with Crippen LogP contribution in [-0.4, -0.2) is 27.5 Å². The maximum atomic E-state index is 12.0. The lowest BCUT2D eigenvalue weighted by molar-refractivity contribution is -0.132. The van der Waals surface area contributed by atoms with Crippen LogP contribution in [-0.2, 0) is 16.9 Å². The lowest BCUT2D eigenvalue weighted by Gasteiger charge is -2.23. The van der Waals surface area contributed by atoms with Crippen LogP contribution in [0.5, 0.6) is 0 Å². The Kier molecular flexibility index (Phi) is 4.19. The Morgan fingerprint density at radius 1 is 1.32 bits per heavy atom. The smallest absolute Gasteiger partial charge is 0.246 e. The molecule has 1 aliphatic rings. The van der Waals surface area contributed by atoms with Gasteiger partial charge in [0.05, 0.1) is 12.1 Å². The second kappa shape index (κ2) is 5.69. The first-order valence-electron chi connectivity index (χ1n) is 6.86. The molecule has 2 heterocycles. The minimum atomic E-state index is -0.623. The molecule has 0 atom stereocenters. The number of rotatable bonds is 3. The van der Waals surface area contributed by atoms with Crippen molar-refractivity contribution in [1.82, 2.24) is 15.0 Å². The van der Waals surface area contributed by atoms with Gasteiger partial charge in [0, 0.05) is 13.0 Å². The van der Waals surface area contributed by atoms with E-state index >= 15 is 0 Å². The fourth-order valence-corrected chi connectivity index (χ4v) is 2.13. The molecule has 6 nitrogen and oxygen atoms in total. The molecule has 0 spiro atoms. The third-order valence-electron chi connectivity index (χ3n) is 3.29. The summed E-state index contributed by atoms with van der Waals surface area (Å²) in [5, 5.41) is 3.87. The molecule has 6 heteroatoms. The van der Waals surface area contributed by atoms with Gasteiger partial charge in [-0.1, -0.05) is 18.0 Å². The van der Waals surface area contributed by atoms with Crippen LogP contribution in [0.25, 0.3) is 0 Å². The quantitative estimate of drug-likeness (QED) is 0.897. The average molecular weight is 266 g/mol. The predicted molar refractivity (Wildman–Crippen MR) is 70.0 cm³/mol. The molecule has 0 radical (unpaired) electrons. The Labute approximate surface area is 113 Å². The molecule has 0 saturated carbocycles. The van der Waals surface area contributed by atoms with Crippen LogP contribution < -0.4 is 5.73 Å². The Bertz CT molecular complexity index is 436. The van der Waals surface area contributed by atoms with Crippen molar-refractivity contribution in [2.45, 2.75) is 58.0 Å². The highest BCUT2D eigenvalue weighted by Gasteiger charge is 2.23. The molecule has 1 fully saturated rings. The normalized spacial score (nSPS) is 18.3. The number of nitrogens with two attached hydrogens (primary N) is 1. The van der Waals surface area contributed by atoms with Crippen LogP contribution in [0, 0.1) is 0 Å². The van der Waals surface area contributed by atoms with Crippen molar-refractivity contribution in [2.75, 3.05) is 6.54 Å². The van der Waals surface area contributed by atoms with Crippen LogP contribution >= 0.6 is 0 Å². The summed E-state index contributed by atoms with van der Waals surface area (Å²) in [5.74, 6) is 1.11. The first-order valence-corrected chi connectivity index (χ1v) is 6.86. The number of nitrogens with zero attached hydrogens (tertiary/aromatic N) is 3. The molecule has 2 N–H and O–H groups in total. The second-order valence-electron chi connectivity index (χ2n) is 5.71. The highest BCUT2D eigenvalue weighted by atomic mass is 16.5. The van der Waals surface area contributed by atoms with E-state index in [9.17, 15) is 4.79 Å². The largest absolute Gasteiger partial charge is 0.337 e. The van der Waals surface area contributed by atoms with Crippen molar-refractivity contribution in [2.24, 2.45) is 5.73 Å². The van der Waals surface area contributed by atoms with Crippen LogP contribution in [0.2, 0.25) is 0 Å². The van der Waals surface area contributed by atoms with Crippen LogP contribution in [0.4, 0.5) is 0 Å². The zero-order valence-corrected chi connectivity index (χ0v) is 11.7. The van der Waals surface area contributed by atoms with Crippen LogP contribution in [0.3, 0.4) is 0 Å². The van der Waals surface area contributed by atoms with Gasteiger partial charge in [0.15, 0.2) is 5.82 Å². The number of aromatic nitrogens is 2. The van der Waals surface area contributed by atoms with Crippen molar-refractivity contribution in [1.29, 1.82) is 0 Å². The summed E-state index contributed by atoms with van der Waals surface area (Å²) in [4.78, 5) is 18.1. The molecule has 1 aromatic heterocycles. The summed E-state index contributed by atoms with van der Waals surface area (Å²) in [5.41, 5.74) is 5.29. The van der Waals surface area contributed by atoms with Gasteiger partial charge in [-0.05, 0) is 26.7 Å².